The van der Waals surface area contributed by atoms with Gasteiger partial charge in [-0.15, -0.1) is 0 Å². The molecule has 156 valence electrons. The monoisotopic (exact) mass is 415 g/mol. The van der Waals surface area contributed by atoms with Gasteiger partial charge in [0.25, 0.3) is 5.91 Å². The van der Waals surface area contributed by atoms with Crippen LogP contribution in [0.15, 0.2) is 18.3 Å². The van der Waals surface area contributed by atoms with E-state index in [1.807, 2.05) is 11.8 Å². The maximum absolute atomic E-state index is 13.9. The minimum Gasteiger partial charge on any atom is -0.327 e. The van der Waals surface area contributed by atoms with Crippen LogP contribution in [0.4, 0.5) is 13.2 Å². The normalized spacial score (nSPS) is 20.0. The first-order valence-electron chi connectivity index (χ1n) is 9.79. The molecule has 0 unspecified atom stereocenters. The molecule has 1 aromatic carbocycles. The Morgan fingerprint density at radius 1 is 1.10 bits per heavy atom. The van der Waals surface area contributed by atoms with Crippen LogP contribution in [0.2, 0.25) is 0 Å². The van der Waals surface area contributed by atoms with Crippen molar-refractivity contribution in [2.75, 3.05) is 0 Å². The van der Waals surface area contributed by atoms with Crippen molar-refractivity contribution in [1.82, 2.24) is 24.5 Å². The average Bonchev–Trinajstić information content (AvgIpc) is 3.33. The molecule has 5 rings (SSSR count). The second-order valence-corrected chi connectivity index (χ2v) is 8.02. The van der Waals surface area contributed by atoms with Crippen molar-refractivity contribution in [1.29, 1.82) is 0 Å². The van der Waals surface area contributed by atoms with Gasteiger partial charge in [-0.3, -0.25) is 14.2 Å². The zero-order valence-electron chi connectivity index (χ0n) is 16.8. The predicted octanol–water partition coefficient (Wildman–Crippen LogP) is 3.45. The molecule has 2 aromatic heterocycles. The quantitative estimate of drug-likeness (QED) is 0.603. The molecular weight excluding hydrogens is 395 g/mol. The molecule has 1 fully saturated rings. The van der Waals surface area contributed by atoms with Gasteiger partial charge in [0.1, 0.15) is 0 Å². The Balaban J connectivity index is 1.58. The summed E-state index contributed by atoms with van der Waals surface area (Å²) >= 11 is 0. The van der Waals surface area contributed by atoms with Gasteiger partial charge in [-0.05, 0) is 38.3 Å². The number of carbonyl (C=O) groups excluding carboxylic acids is 1. The van der Waals surface area contributed by atoms with Gasteiger partial charge >= 0.3 is 0 Å². The van der Waals surface area contributed by atoms with E-state index in [2.05, 4.69) is 10.2 Å². The summed E-state index contributed by atoms with van der Waals surface area (Å²) in [6.45, 7) is 1.86. The zero-order valence-corrected chi connectivity index (χ0v) is 16.8. The van der Waals surface area contributed by atoms with E-state index in [1.54, 1.807) is 29.7 Å². The van der Waals surface area contributed by atoms with Crippen LogP contribution in [0, 0.1) is 24.4 Å². The van der Waals surface area contributed by atoms with Crippen molar-refractivity contribution in [2.45, 2.75) is 38.3 Å². The molecule has 0 radical (unpaired) electrons. The molecular formula is C21H20F3N5O. The first kappa shape index (κ1) is 18.9. The van der Waals surface area contributed by atoms with Gasteiger partial charge in [0.2, 0.25) is 0 Å². The van der Waals surface area contributed by atoms with E-state index in [-0.39, 0.29) is 23.6 Å². The molecule has 1 amide bonds. The number of carbonyl (C=O) groups is 1. The number of aromatic nitrogens is 4. The number of hydrogen-bond acceptors (Lipinski definition) is 3. The minimum absolute atomic E-state index is 0.0345. The van der Waals surface area contributed by atoms with Crippen LogP contribution in [0.1, 0.15) is 46.2 Å². The Hall–Kier alpha value is -3.10. The van der Waals surface area contributed by atoms with E-state index >= 15 is 0 Å². The van der Waals surface area contributed by atoms with Crippen LogP contribution in [0.25, 0.3) is 11.3 Å². The van der Waals surface area contributed by atoms with Gasteiger partial charge < -0.3 is 4.90 Å². The maximum Gasteiger partial charge on any atom is 0.258 e. The number of aryl methyl sites for hydroxylation is 2. The molecule has 30 heavy (non-hydrogen) atoms. The first-order valence-corrected chi connectivity index (χ1v) is 9.79. The number of benzene rings is 1. The molecule has 3 aromatic rings. The second kappa shape index (κ2) is 6.45. The summed E-state index contributed by atoms with van der Waals surface area (Å²) in [5, 5.41) is 8.78. The Kier molecular flexibility index (Phi) is 4.06. The van der Waals surface area contributed by atoms with Crippen LogP contribution in [-0.2, 0) is 20.5 Å². The summed E-state index contributed by atoms with van der Waals surface area (Å²) in [6, 6.07) is 1.75. The molecule has 2 bridgehead atoms. The molecule has 0 N–H and O–H groups in total. The van der Waals surface area contributed by atoms with Crippen LogP contribution in [0.3, 0.4) is 0 Å². The molecule has 0 aliphatic carbocycles. The Bertz CT molecular complexity index is 1170. The summed E-state index contributed by atoms with van der Waals surface area (Å²) in [5.74, 6) is -4.03. The lowest BCUT2D eigenvalue weighted by atomic mass is 9.94. The van der Waals surface area contributed by atoms with E-state index in [0.29, 0.717) is 17.7 Å². The zero-order chi connectivity index (χ0) is 21.3. The van der Waals surface area contributed by atoms with Crippen LogP contribution >= 0.6 is 0 Å². The standard InChI is InChI=1S/C21H20F3N5O/c1-10-14(9-25-27(10)2)21(30)29-12-4-5-17(29)19-13(8-12)20(28(3)26-19)11-6-15(22)18(24)16(23)7-11/h6-7,9,12,17H,4-5,8H2,1-3H3/t12-,17+/m1/s1. The summed E-state index contributed by atoms with van der Waals surface area (Å²) < 4.78 is 44.4. The number of halogens is 3. The highest BCUT2D eigenvalue weighted by atomic mass is 19.2. The lowest BCUT2D eigenvalue weighted by molar-refractivity contribution is 0.0641. The smallest absolute Gasteiger partial charge is 0.258 e. The minimum atomic E-state index is -1.49. The van der Waals surface area contributed by atoms with E-state index < -0.39 is 17.5 Å². The van der Waals surface area contributed by atoms with Crippen LogP contribution < -0.4 is 0 Å². The molecule has 4 heterocycles. The number of hydrogen-bond donors (Lipinski definition) is 0. The Morgan fingerprint density at radius 2 is 1.80 bits per heavy atom. The van der Waals surface area contributed by atoms with Crippen LogP contribution in [0.5, 0.6) is 0 Å². The lowest BCUT2D eigenvalue weighted by Crippen LogP contribution is -2.42. The molecule has 6 nitrogen and oxygen atoms in total. The Morgan fingerprint density at radius 3 is 2.43 bits per heavy atom. The lowest BCUT2D eigenvalue weighted by Gasteiger charge is -2.34. The highest BCUT2D eigenvalue weighted by molar-refractivity contribution is 5.96. The third-order valence-electron chi connectivity index (χ3n) is 6.39. The number of rotatable bonds is 2. The van der Waals surface area contributed by atoms with Crippen LogP contribution in [-0.4, -0.2) is 36.4 Å². The summed E-state index contributed by atoms with van der Waals surface area (Å²) in [6.07, 6.45) is 3.70. The fourth-order valence-electron chi connectivity index (χ4n) is 4.85. The number of amides is 1. The highest BCUT2D eigenvalue weighted by Gasteiger charge is 2.46. The fraction of sp³-hybridized carbons (Fsp3) is 0.381. The third-order valence-corrected chi connectivity index (χ3v) is 6.39. The van der Waals surface area contributed by atoms with Crippen molar-refractivity contribution in [2.24, 2.45) is 14.1 Å². The first-order chi connectivity index (χ1) is 14.3. The number of fused-ring (bicyclic) bond motifs is 4. The van der Waals surface area contributed by atoms with E-state index in [0.717, 1.165) is 41.9 Å². The average molecular weight is 415 g/mol. The van der Waals surface area contributed by atoms with Crippen molar-refractivity contribution in [3.05, 3.63) is 58.3 Å². The van der Waals surface area contributed by atoms with Gasteiger partial charge in [-0.2, -0.15) is 10.2 Å². The van der Waals surface area contributed by atoms with E-state index in [4.69, 9.17) is 0 Å². The predicted molar refractivity (Wildman–Crippen MR) is 102 cm³/mol. The Labute approximate surface area is 170 Å². The van der Waals surface area contributed by atoms with Crippen molar-refractivity contribution < 1.29 is 18.0 Å². The van der Waals surface area contributed by atoms with Gasteiger partial charge in [0.15, 0.2) is 17.5 Å². The summed E-state index contributed by atoms with van der Waals surface area (Å²) in [5.41, 5.74) is 3.76. The largest absolute Gasteiger partial charge is 0.327 e. The van der Waals surface area contributed by atoms with Crippen molar-refractivity contribution in [3.8, 4) is 11.3 Å². The highest BCUT2D eigenvalue weighted by Crippen LogP contribution is 2.46. The molecule has 2 aliphatic rings. The topological polar surface area (TPSA) is 56.0 Å². The van der Waals surface area contributed by atoms with Gasteiger partial charge in [-0.25, -0.2) is 13.2 Å². The molecule has 2 atom stereocenters. The molecule has 1 saturated heterocycles. The molecule has 0 saturated carbocycles. The van der Waals surface area contributed by atoms with Gasteiger partial charge in [-0.1, -0.05) is 0 Å². The van der Waals surface area contributed by atoms with Gasteiger partial charge in [0, 0.05) is 37.0 Å². The maximum atomic E-state index is 13.9. The molecule has 2 aliphatic heterocycles. The van der Waals surface area contributed by atoms with Crippen molar-refractivity contribution in [3.63, 3.8) is 0 Å². The molecule has 9 heteroatoms. The third kappa shape index (κ3) is 2.54. The van der Waals surface area contributed by atoms with E-state index in [1.165, 1.54) is 0 Å². The summed E-state index contributed by atoms with van der Waals surface area (Å²) in [7, 11) is 3.49. The second-order valence-electron chi connectivity index (χ2n) is 8.02. The number of nitrogens with zero attached hydrogens (tertiary/aromatic N) is 5. The summed E-state index contributed by atoms with van der Waals surface area (Å²) in [4.78, 5) is 15.2. The SMILES string of the molecule is Cc1c(C(=O)N2[C@@H]3CC[C@H]2c2nn(C)c(-c4cc(F)c(F)c(F)c4)c2C3)cnn1C. The van der Waals surface area contributed by atoms with E-state index in [9.17, 15) is 18.0 Å². The fourth-order valence-corrected chi connectivity index (χ4v) is 4.85. The molecule has 0 spiro atoms. The van der Waals surface area contributed by atoms with Gasteiger partial charge in [0.05, 0.1) is 29.2 Å². The van der Waals surface area contributed by atoms with Crippen molar-refractivity contribution >= 4 is 5.91 Å².